The quantitative estimate of drug-likeness (QED) is 0.807. The highest BCUT2D eigenvalue weighted by molar-refractivity contribution is 4.98. The van der Waals surface area contributed by atoms with Gasteiger partial charge in [0.05, 0.1) is 0 Å². The van der Waals surface area contributed by atoms with Gasteiger partial charge in [0.25, 0.3) is 0 Å². The Labute approximate surface area is 106 Å². The third-order valence-corrected chi connectivity index (χ3v) is 4.28. The number of hydrogen-bond acceptors (Lipinski definition) is 3. The second-order valence-corrected chi connectivity index (χ2v) is 7.19. The molecule has 0 aliphatic carbocycles. The van der Waals surface area contributed by atoms with Crippen LogP contribution in [0.5, 0.6) is 0 Å². The average Bonchev–Trinajstić information content (AvgIpc) is 2.42. The van der Waals surface area contributed by atoms with E-state index in [1.807, 2.05) is 0 Å². The molecule has 0 aromatic rings. The van der Waals surface area contributed by atoms with Crippen LogP contribution >= 0.6 is 0 Å². The van der Waals surface area contributed by atoms with Gasteiger partial charge in [0.1, 0.15) is 0 Å². The van der Waals surface area contributed by atoms with E-state index in [2.05, 4.69) is 37.7 Å². The number of rotatable bonds is 4. The van der Waals surface area contributed by atoms with Gasteiger partial charge in [0.15, 0.2) is 0 Å². The zero-order chi connectivity index (χ0) is 12.6. The normalized spacial score (nSPS) is 34.6. The minimum Gasteiger partial charge on any atom is -0.328 e. The summed E-state index contributed by atoms with van der Waals surface area (Å²) in [6, 6.07) is 2.00. The van der Waals surface area contributed by atoms with Gasteiger partial charge in [-0.1, -0.05) is 13.8 Å². The Hall–Kier alpha value is -0.120. The summed E-state index contributed by atoms with van der Waals surface area (Å²) in [4.78, 5) is 5.06. The molecule has 2 atom stereocenters. The number of nitrogens with two attached hydrogens (primary N) is 1. The number of nitrogens with zero attached hydrogens (tertiary/aromatic N) is 2. The van der Waals surface area contributed by atoms with Crippen molar-refractivity contribution in [2.75, 3.05) is 27.2 Å². The highest BCUT2D eigenvalue weighted by atomic mass is 15.2. The van der Waals surface area contributed by atoms with E-state index in [4.69, 9.17) is 5.73 Å². The second kappa shape index (κ2) is 4.87. The number of fused-ring (bicyclic) bond motifs is 2. The number of piperidine rings is 1. The first kappa shape index (κ1) is 13.3. The predicted octanol–water partition coefficient (Wildman–Crippen LogP) is 1.53. The molecule has 0 aromatic carbocycles. The molecule has 3 nitrogen and oxygen atoms in total. The molecule has 0 aromatic heterocycles. The van der Waals surface area contributed by atoms with Gasteiger partial charge in [-0.3, -0.25) is 4.90 Å². The van der Waals surface area contributed by atoms with E-state index in [0.29, 0.717) is 11.5 Å². The van der Waals surface area contributed by atoms with Crippen molar-refractivity contribution >= 4 is 0 Å². The van der Waals surface area contributed by atoms with Gasteiger partial charge >= 0.3 is 0 Å². The average molecular weight is 239 g/mol. The summed E-state index contributed by atoms with van der Waals surface area (Å²) in [6.07, 6.45) is 5.18. The fourth-order valence-corrected chi connectivity index (χ4v) is 3.97. The van der Waals surface area contributed by atoms with Crippen LogP contribution in [-0.4, -0.2) is 55.1 Å². The van der Waals surface area contributed by atoms with Crippen LogP contribution in [0.15, 0.2) is 0 Å². The van der Waals surface area contributed by atoms with Crippen LogP contribution in [0.2, 0.25) is 0 Å². The highest BCUT2D eigenvalue weighted by Crippen LogP contribution is 2.37. The zero-order valence-corrected chi connectivity index (χ0v) is 11.9. The molecule has 2 aliphatic heterocycles. The van der Waals surface area contributed by atoms with Gasteiger partial charge in [-0.05, 0) is 45.2 Å². The molecule has 3 heteroatoms. The first-order chi connectivity index (χ1) is 7.87. The molecule has 2 N–H and O–H groups in total. The zero-order valence-electron chi connectivity index (χ0n) is 11.9. The summed E-state index contributed by atoms with van der Waals surface area (Å²) >= 11 is 0. The first-order valence-corrected chi connectivity index (χ1v) is 7.03. The van der Waals surface area contributed by atoms with Crippen LogP contribution in [0.3, 0.4) is 0 Å². The summed E-state index contributed by atoms with van der Waals surface area (Å²) in [5, 5.41) is 0. The van der Waals surface area contributed by atoms with Crippen LogP contribution < -0.4 is 5.73 Å². The maximum absolute atomic E-state index is 6.13. The SMILES string of the molecule is CN(C)CC(C)(C)CN1C2CCC1CC(N)C2. The van der Waals surface area contributed by atoms with Crippen molar-refractivity contribution in [1.29, 1.82) is 0 Å². The lowest BCUT2D eigenvalue weighted by Gasteiger charge is -2.42. The molecule has 2 saturated heterocycles. The van der Waals surface area contributed by atoms with Crippen LogP contribution in [0, 0.1) is 5.41 Å². The molecule has 2 rings (SSSR count). The molecule has 2 bridgehead atoms. The fourth-order valence-electron chi connectivity index (χ4n) is 3.97. The Kier molecular flexibility index (Phi) is 3.81. The van der Waals surface area contributed by atoms with Crippen molar-refractivity contribution in [1.82, 2.24) is 9.80 Å². The Morgan fingerprint density at radius 2 is 1.71 bits per heavy atom. The second-order valence-electron chi connectivity index (χ2n) is 7.19. The van der Waals surface area contributed by atoms with Crippen molar-refractivity contribution in [2.45, 2.75) is 57.7 Å². The van der Waals surface area contributed by atoms with Crippen molar-refractivity contribution in [2.24, 2.45) is 11.1 Å². The summed E-state index contributed by atoms with van der Waals surface area (Å²) < 4.78 is 0. The molecule has 0 spiro atoms. The number of hydrogen-bond donors (Lipinski definition) is 1. The van der Waals surface area contributed by atoms with E-state index in [-0.39, 0.29) is 0 Å². The van der Waals surface area contributed by atoms with E-state index in [1.165, 1.54) is 32.2 Å². The van der Waals surface area contributed by atoms with E-state index >= 15 is 0 Å². The summed E-state index contributed by atoms with van der Waals surface area (Å²) in [5.41, 5.74) is 6.51. The van der Waals surface area contributed by atoms with Crippen molar-refractivity contribution in [3.63, 3.8) is 0 Å². The molecule has 2 unspecified atom stereocenters. The lowest BCUT2D eigenvalue weighted by molar-refractivity contribution is 0.0686. The molecule has 0 amide bonds. The maximum atomic E-state index is 6.13. The molecular formula is C14H29N3. The highest BCUT2D eigenvalue weighted by Gasteiger charge is 2.41. The minimum atomic E-state index is 0.381. The van der Waals surface area contributed by atoms with Crippen LogP contribution in [0.1, 0.15) is 39.5 Å². The Morgan fingerprint density at radius 3 is 2.18 bits per heavy atom. The summed E-state index contributed by atoms with van der Waals surface area (Å²) in [5.74, 6) is 0. The predicted molar refractivity (Wildman–Crippen MR) is 73.1 cm³/mol. The summed E-state index contributed by atoms with van der Waals surface area (Å²) in [6.45, 7) is 7.17. The third kappa shape index (κ3) is 3.21. The Balaban J connectivity index is 1.95. The minimum absolute atomic E-state index is 0.381. The lowest BCUT2D eigenvalue weighted by atomic mass is 9.89. The molecule has 0 saturated carbocycles. The van der Waals surface area contributed by atoms with Crippen LogP contribution in [0.25, 0.3) is 0 Å². The van der Waals surface area contributed by atoms with Crippen LogP contribution in [-0.2, 0) is 0 Å². The van der Waals surface area contributed by atoms with E-state index in [1.54, 1.807) is 0 Å². The Bertz CT molecular complexity index is 248. The first-order valence-electron chi connectivity index (χ1n) is 7.03. The van der Waals surface area contributed by atoms with Crippen molar-refractivity contribution < 1.29 is 0 Å². The third-order valence-electron chi connectivity index (χ3n) is 4.28. The molecular weight excluding hydrogens is 210 g/mol. The lowest BCUT2D eigenvalue weighted by Crippen LogP contribution is -2.51. The molecule has 2 fully saturated rings. The van der Waals surface area contributed by atoms with Crippen molar-refractivity contribution in [3.8, 4) is 0 Å². The van der Waals surface area contributed by atoms with Gasteiger partial charge in [-0.25, -0.2) is 0 Å². The van der Waals surface area contributed by atoms with E-state index < -0.39 is 0 Å². The molecule has 0 radical (unpaired) electrons. The summed E-state index contributed by atoms with van der Waals surface area (Å²) in [7, 11) is 4.34. The smallest absolute Gasteiger partial charge is 0.0114 e. The monoisotopic (exact) mass is 239 g/mol. The van der Waals surface area contributed by atoms with Gasteiger partial charge in [0.2, 0.25) is 0 Å². The van der Waals surface area contributed by atoms with E-state index in [9.17, 15) is 0 Å². The van der Waals surface area contributed by atoms with E-state index in [0.717, 1.165) is 18.6 Å². The molecule has 17 heavy (non-hydrogen) atoms. The van der Waals surface area contributed by atoms with Crippen molar-refractivity contribution in [3.05, 3.63) is 0 Å². The van der Waals surface area contributed by atoms with Gasteiger partial charge in [-0.15, -0.1) is 0 Å². The molecule has 2 aliphatic rings. The van der Waals surface area contributed by atoms with Gasteiger partial charge < -0.3 is 10.6 Å². The topological polar surface area (TPSA) is 32.5 Å². The van der Waals surface area contributed by atoms with Crippen LogP contribution in [0.4, 0.5) is 0 Å². The van der Waals surface area contributed by atoms with Gasteiger partial charge in [-0.2, -0.15) is 0 Å². The molecule has 2 heterocycles. The molecule has 100 valence electrons. The Morgan fingerprint density at radius 1 is 1.18 bits per heavy atom. The standard InChI is InChI=1S/C14H29N3/c1-14(2,9-16(3)4)10-17-12-5-6-13(17)8-11(15)7-12/h11-13H,5-10,15H2,1-4H3. The van der Waals surface area contributed by atoms with Gasteiger partial charge in [0, 0.05) is 31.2 Å². The maximum Gasteiger partial charge on any atom is 0.0114 e. The fraction of sp³-hybridized carbons (Fsp3) is 1.00. The largest absolute Gasteiger partial charge is 0.328 e.